The summed E-state index contributed by atoms with van der Waals surface area (Å²) < 4.78 is 5.16. The van der Waals surface area contributed by atoms with Gasteiger partial charge in [0.05, 0.1) is 6.20 Å². The minimum Gasteiger partial charge on any atom is -0.442 e. The van der Waals surface area contributed by atoms with E-state index in [2.05, 4.69) is 20.2 Å². The molecule has 0 spiro atoms. The van der Waals surface area contributed by atoms with E-state index < -0.39 is 0 Å². The average Bonchev–Trinajstić information content (AvgIpc) is 2.77. The standard InChI is InChI=1S/C10H12N4O/c1-3-14(4-2-11-1)10-5-8-9(6-12-10)15-7-13-8/h5-7,11H,1-4H2. The summed E-state index contributed by atoms with van der Waals surface area (Å²) in [5.74, 6) is 0.984. The number of nitrogens with one attached hydrogen (secondary N) is 1. The summed E-state index contributed by atoms with van der Waals surface area (Å²) in [7, 11) is 0. The highest BCUT2D eigenvalue weighted by atomic mass is 16.3. The molecule has 3 heterocycles. The van der Waals surface area contributed by atoms with Crippen LogP contribution in [0.15, 0.2) is 23.1 Å². The molecule has 2 aromatic rings. The smallest absolute Gasteiger partial charge is 0.182 e. The molecule has 5 nitrogen and oxygen atoms in total. The number of piperazine rings is 1. The van der Waals surface area contributed by atoms with Crippen LogP contribution in [0.2, 0.25) is 0 Å². The fraction of sp³-hybridized carbons (Fsp3) is 0.400. The number of nitrogens with zero attached hydrogens (tertiary/aromatic N) is 3. The van der Waals surface area contributed by atoms with Crippen molar-refractivity contribution < 1.29 is 4.42 Å². The van der Waals surface area contributed by atoms with Gasteiger partial charge >= 0.3 is 0 Å². The van der Waals surface area contributed by atoms with Crippen LogP contribution in [0.4, 0.5) is 5.82 Å². The van der Waals surface area contributed by atoms with Gasteiger partial charge < -0.3 is 14.6 Å². The third kappa shape index (κ3) is 1.55. The number of fused-ring (bicyclic) bond motifs is 1. The Bertz CT molecular complexity index is 461. The Morgan fingerprint density at radius 3 is 3.00 bits per heavy atom. The number of oxazole rings is 1. The Balaban J connectivity index is 1.95. The Morgan fingerprint density at radius 2 is 2.13 bits per heavy atom. The SMILES string of the molecule is c1nc2cc(N3CCNCC3)ncc2o1. The number of aromatic nitrogens is 2. The van der Waals surface area contributed by atoms with Gasteiger partial charge in [-0.1, -0.05) is 0 Å². The lowest BCUT2D eigenvalue weighted by molar-refractivity contribution is 0.584. The fourth-order valence-electron chi connectivity index (χ4n) is 1.82. The van der Waals surface area contributed by atoms with Crippen molar-refractivity contribution in [1.82, 2.24) is 15.3 Å². The summed E-state index contributed by atoms with van der Waals surface area (Å²) in [6, 6.07) is 1.98. The minimum absolute atomic E-state index is 0.744. The van der Waals surface area contributed by atoms with E-state index in [-0.39, 0.29) is 0 Å². The molecule has 1 fully saturated rings. The van der Waals surface area contributed by atoms with Gasteiger partial charge in [-0.3, -0.25) is 0 Å². The summed E-state index contributed by atoms with van der Waals surface area (Å²) in [5.41, 5.74) is 1.62. The summed E-state index contributed by atoms with van der Waals surface area (Å²) in [6.07, 6.45) is 3.19. The fourth-order valence-corrected chi connectivity index (χ4v) is 1.82. The predicted octanol–water partition coefficient (Wildman–Crippen LogP) is 0.632. The molecule has 0 saturated carbocycles. The van der Waals surface area contributed by atoms with Crippen molar-refractivity contribution >= 4 is 16.9 Å². The zero-order valence-corrected chi connectivity index (χ0v) is 8.31. The van der Waals surface area contributed by atoms with Crippen molar-refractivity contribution in [3.05, 3.63) is 18.7 Å². The second-order valence-corrected chi connectivity index (χ2v) is 3.60. The quantitative estimate of drug-likeness (QED) is 0.738. The van der Waals surface area contributed by atoms with E-state index in [1.165, 1.54) is 6.39 Å². The lowest BCUT2D eigenvalue weighted by Crippen LogP contribution is -2.43. The first-order valence-electron chi connectivity index (χ1n) is 5.08. The predicted molar refractivity (Wildman–Crippen MR) is 56.9 cm³/mol. The summed E-state index contributed by atoms with van der Waals surface area (Å²) in [4.78, 5) is 10.7. The van der Waals surface area contributed by atoms with E-state index >= 15 is 0 Å². The maximum absolute atomic E-state index is 5.16. The zero-order valence-electron chi connectivity index (χ0n) is 8.31. The third-order valence-electron chi connectivity index (χ3n) is 2.64. The van der Waals surface area contributed by atoms with Crippen LogP contribution in [-0.2, 0) is 0 Å². The van der Waals surface area contributed by atoms with Crippen molar-refractivity contribution in [3.63, 3.8) is 0 Å². The van der Waals surface area contributed by atoms with Gasteiger partial charge in [-0.15, -0.1) is 0 Å². The lowest BCUT2D eigenvalue weighted by atomic mass is 10.3. The number of anilines is 1. The molecule has 0 atom stereocenters. The maximum atomic E-state index is 5.16. The second-order valence-electron chi connectivity index (χ2n) is 3.60. The largest absolute Gasteiger partial charge is 0.442 e. The molecule has 3 rings (SSSR count). The topological polar surface area (TPSA) is 54.2 Å². The molecule has 0 amide bonds. The van der Waals surface area contributed by atoms with Crippen molar-refractivity contribution in [1.29, 1.82) is 0 Å². The maximum Gasteiger partial charge on any atom is 0.182 e. The molecule has 1 aliphatic rings. The normalized spacial score (nSPS) is 17.2. The first-order chi connectivity index (χ1) is 7.43. The van der Waals surface area contributed by atoms with Gasteiger partial charge in [-0.05, 0) is 0 Å². The van der Waals surface area contributed by atoms with Crippen LogP contribution >= 0.6 is 0 Å². The van der Waals surface area contributed by atoms with Gasteiger partial charge in [0, 0.05) is 32.2 Å². The van der Waals surface area contributed by atoms with Gasteiger partial charge in [0.25, 0.3) is 0 Å². The average molecular weight is 204 g/mol. The number of pyridine rings is 1. The molecule has 15 heavy (non-hydrogen) atoms. The van der Waals surface area contributed by atoms with Crippen LogP contribution < -0.4 is 10.2 Å². The van der Waals surface area contributed by atoms with Crippen LogP contribution in [0.3, 0.4) is 0 Å². The van der Waals surface area contributed by atoms with Gasteiger partial charge in [-0.25, -0.2) is 9.97 Å². The molecule has 1 N–H and O–H groups in total. The van der Waals surface area contributed by atoms with E-state index in [9.17, 15) is 0 Å². The van der Waals surface area contributed by atoms with Gasteiger partial charge in [0.2, 0.25) is 0 Å². The highest BCUT2D eigenvalue weighted by Gasteiger charge is 2.12. The van der Waals surface area contributed by atoms with Crippen LogP contribution in [-0.4, -0.2) is 36.1 Å². The van der Waals surface area contributed by atoms with E-state index in [4.69, 9.17) is 4.42 Å². The molecule has 0 bridgehead atoms. The molecule has 1 aliphatic heterocycles. The minimum atomic E-state index is 0.744. The van der Waals surface area contributed by atoms with E-state index in [0.717, 1.165) is 43.1 Å². The number of hydrogen-bond donors (Lipinski definition) is 1. The van der Waals surface area contributed by atoms with Gasteiger partial charge in [0.15, 0.2) is 12.0 Å². The van der Waals surface area contributed by atoms with E-state index in [1.807, 2.05) is 6.07 Å². The van der Waals surface area contributed by atoms with Crippen LogP contribution in [0, 0.1) is 0 Å². The number of rotatable bonds is 1. The molecule has 1 saturated heterocycles. The van der Waals surface area contributed by atoms with Crippen molar-refractivity contribution in [2.75, 3.05) is 31.1 Å². The van der Waals surface area contributed by atoms with E-state index in [1.54, 1.807) is 6.20 Å². The molecule has 78 valence electrons. The molecular formula is C10H12N4O. The summed E-state index contributed by atoms with van der Waals surface area (Å²) in [5, 5.41) is 3.31. The lowest BCUT2D eigenvalue weighted by Gasteiger charge is -2.28. The first kappa shape index (κ1) is 8.67. The van der Waals surface area contributed by atoms with Gasteiger partial charge in [-0.2, -0.15) is 0 Å². The molecule has 2 aromatic heterocycles. The van der Waals surface area contributed by atoms with Crippen LogP contribution in [0.5, 0.6) is 0 Å². The first-order valence-corrected chi connectivity index (χ1v) is 5.08. The van der Waals surface area contributed by atoms with Crippen LogP contribution in [0.1, 0.15) is 0 Å². The molecule has 5 heteroatoms. The second kappa shape index (κ2) is 3.51. The third-order valence-corrected chi connectivity index (χ3v) is 2.64. The van der Waals surface area contributed by atoms with Gasteiger partial charge in [0.1, 0.15) is 11.3 Å². The van der Waals surface area contributed by atoms with E-state index in [0.29, 0.717) is 0 Å². The molecule has 0 aromatic carbocycles. The highest BCUT2D eigenvalue weighted by Crippen LogP contribution is 2.18. The molecular weight excluding hydrogens is 192 g/mol. The van der Waals surface area contributed by atoms with Crippen molar-refractivity contribution in [3.8, 4) is 0 Å². The van der Waals surface area contributed by atoms with Crippen molar-refractivity contribution in [2.45, 2.75) is 0 Å². The van der Waals surface area contributed by atoms with Crippen molar-refractivity contribution in [2.24, 2.45) is 0 Å². The van der Waals surface area contributed by atoms with Crippen LogP contribution in [0.25, 0.3) is 11.1 Å². The molecule has 0 unspecified atom stereocenters. The Hall–Kier alpha value is -1.62. The molecule has 0 radical (unpaired) electrons. The number of hydrogen-bond acceptors (Lipinski definition) is 5. The Kier molecular flexibility index (Phi) is 2.03. The zero-order chi connectivity index (χ0) is 10.1. The Labute approximate surface area is 87.1 Å². The highest BCUT2D eigenvalue weighted by molar-refractivity contribution is 5.74. The Morgan fingerprint density at radius 1 is 1.27 bits per heavy atom. The monoisotopic (exact) mass is 204 g/mol. The summed E-state index contributed by atoms with van der Waals surface area (Å²) >= 11 is 0. The molecule has 0 aliphatic carbocycles. The summed E-state index contributed by atoms with van der Waals surface area (Å²) in [6.45, 7) is 4.02.